The molecule has 7 heteroatoms. The number of methoxy groups -OCH3 is 1. The fraction of sp³-hybridized carbons (Fsp3) is 0.389. The molecular weight excluding hydrogens is 318 g/mol. The third-order valence-corrected chi connectivity index (χ3v) is 4.24. The molecule has 2 aromatic heterocycles. The van der Waals surface area contributed by atoms with Crippen LogP contribution in [0, 0.1) is 0 Å². The summed E-state index contributed by atoms with van der Waals surface area (Å²) < 4.78 is 5.00. The lowest BCUT2D eigenvalue weighted by Gasteiger charge is -2.32. The number of hydrogen-bond donors (Lipinski definition) is 2. The van der Waals surface area contributed by atoms with Gasteiger partial charge in [0, 0.05) is 37.9 Å². The fourth-order valence-corrected chi connectivity index (χ4v) is 2.88. The van der Waals surface area contributed by atoms with E-state index in [4.69, 9.17) is 4.74 Å². The molecule has 3 rings (SSSR count). The maximum Gasteiger partial charge on any atom is 0.319 e. The van der Waals surface area contributed by atoms with Gasteiger partial charge in [-0.1, -0.05) is 6.07 Å². The van der Waals surface area contributed by atoms with E-state index in [0.29, 0.717) is 11.6 Å². The molecule has 25 heavy (non-hydrogen) atoms. The van der Waals surface area contributed by atoms with Crippen molar-refractivity contribution in [2.75, 3.05) is 25.5 Å². The number of piperidine rings is 1. The molecular formula is C18H23N5O2. The van der Waals surface area contributed by atoms with Crippen molar-refractivity contribution in [1.82, 2.24) is 20.2 Å². The molecule has 132 valence electrons. The zero-order chi connectivity index (χ0) is 17.5. The van der Waals surface area contributed by atoms with Crippen LogP contribution < -0.4 is 15.4 Å². The van der Waals surface area contributed by atoms with Gasteiger partial charge in [0.05, 0.1) is 24.7 Å². The van der Waals surface area contributed by atoms with Gasteiger partial charge in [0.2, 0.25) is 5.88 Å². The number of pyridine rings is 2. The van der Waals surface area contributed by atoms with Crippen LogP contribution in [0.4, 0.5) is 10.5 Å². The van der Waals surface area contributed by atoms with Gasteiger partial charge in [-0.3, -0.25) is 9.88 Å². The first-order valence-corrected chi connectivity index (χ1v) is 8.43. The summed E-state index contributed by atoms with van der Waals surface area (Å²) in [7, 11) is 1.56. The highest BCUT2D eigenvalue weighted by Crippen LogP contribution is 2.14. The summed E-state index contributed by atoms with van der Waals surface area (Å²) in [5.74, 6) is 0.520. The van der Waals surface area contributed by atoms with Crippen molar-refractivity contribution in [3.63, 3.8) is 0 Å². The number of nitrogens with zero attached hydrogens (tertiary/aromatic N) is 3. The van der Waals surface area contributed by atoms with Gasteiger partial charge in [-0.25, -0.2) is 9.78 Å². The Labute approximate surface area is 147 Å². The Morgan fingerprint density at radius 2 is 2.08 bits per heavy atom. The molecule has 2 N–H and O–H groups in total. The lowest BCUT2D eigenvalue weighted by atomic mass is 10.1. The molecule has 2 aromatic rings. The van der Waals surface area contributed by atoms with Crippen LogP contribution in [-0.2, 0) is 6.54 Å². The molecule has 1 aliphatic heterocycles. The predicted octanol–water partition coefficient (Wildman–Crippen LogP) is 2.27. The number of nitrogens with one attached hydrogen (secondary N) is 2. The highest BCUT2D eigenvalue weighted by Gasteiger charge is 2.21. The highest BCUT2D eigenvalue weighted by molar-refractivity contribution is 5.89. The summed E-state index contributed by atoms with van der Waals surface area (Å²) in [6.07, 6.45) is 5.26. The number of ether oxygens (including phenoxy) is 1. The fourth-order valence-electron chi connectivity index (χ4n) is 2.88. The van der Waals surface area contributed by atoms with E-state index in [0.717, 1.165) is 38.2 Å². The lowest BCUT2D eigenvalue weighted by Crippen LogP contribution is -2.45. The van der Waals surface area contributed by atoms with Crippen molar-refractivity contribution in [3.8, 4) is 5.88 Å². The van der Waals surface area contributed by atoms with Crippen molar-refractivity contribution in [1.29, 1.82) is 0 Å². The third-order valence-electron chi connectivity index (χ3n) is 4.24. The van der Waals surface area contributed by atoms with Gasteiger partial charge in [-0.2, -0.15) is 0 Å². The lowest BCUT2D eigenvalue weighted by molar-refractivity contribution is 0.188. The highest BCUT2D eigenvalue weighted by atomic mass is 16.5. The van der Waals surface area contributed by atoms with Gasteiger partial charge in [-0.05, 0) is 31.0 Å². The van der Waals surface area contributed by atoms with Crippen LogP contribution in [0.3, 0.4) is 0 Å². The molecule has 1 aliphatic rings. The van der Waals surface area contributed by atoms with Crippen molar-refractivity contribution < 1.29 is 9.53 Å². The minimum absolute atomic E-state index is 0.186. The Morgan fingerprint density at radius 1 is 1.24 bits per heavy atom. The molecule has 0 aromatic carbocycles. The van der Waals surface area contributed by atoms with Gasteiger partial charge in [-0.15, -0.1) is 0 Å². The summed E-state index contributed by atoms with van der Waals surface area (Å²) in [6.45, 7) is 2.76. The van der Waals surface area contributed by atoms with E-state index in [-0.39, 0.29) is 12.1 Å². The summed E-state index contributed by atoms with van der Waals surface area (Å²) in [5, 5.41) is 5.83. The maximum absolute atomic E-state index is 12.1. The zero-order valence-electron chi connectivity index (χ0n) is 14.3. The van der Waals surface area contributed by atoms with Crippen molar-refractivity contribution in [3.05, 3.63) is 48.4 Å². The first-order valence-electron chi connectivity index (χ1n) is 8.43. The number of hydrogen-bond acceptors (Lipinski definition) is 5. The molecule has 0 radical (unpaired) electrons. The number of anilines is 1. The minimum atomic E-state index is -0.199. The van der Waals surface area contributed by atoms with Gasteiger partial charge in [0.15, 0.2) is 0 Å². The van der Waals surface area contributed by atoms with Crippen LogP contribution in [-0.4, -0.2) is 47.1 Å². The van der Waals surface area contributed by atoms with Gasteiger partial charge >= 0.3 is 6.03 Å². The number of amides is 2. The van der Waals surface area contributed by atoms with Gasteiger partial charge in [0.25, 0.3) is 0 Å². The number of likely N-dealkylation sites (tertiary alicyclic amines) is 1. The van der Waals surface area contributed by atoms with Crippen LogP contribution in [0.2, 0.25) is 0 Å². The van der Waals surface area contributed by atoms with Gasteiger partial charge in [0.1, 0.15) is 0 Å². The monoisotopic (exact) mass is 341 g/mol. The Balaban J connectivity index is 1.41. The summed E-state index contributed by atoms with van der Waals surface area (Å²) in [5.41, 5.74) is 1.73. The number of rotatable bonds is 5. The average molecular weight is 341 g/mol. The molecule has 3 heterocycles. The second kappa shape index (κ2) is 8.43. The predicted molar refractivity (Wildman–Crippen MR) is 95.5 cm³/mol. The van der Waals surface area contributed by atoms with E-state index in [2.05, 4.69) is 25.5 Å². The Kier molecular flexibility index (Phi) is 5.79. The molecule has 0 unspecified atom stereocenters. The number of aromatic nitrogens is 2. The zero-order valence-corrected chi connectivity index (χ0v) is 14.3. The summed E-state index contributed by atoms with van der Waals surface area (Å²) >= 11 is 0. The molecule has 1 saturated heterocycles. The molecule has 0 spiro atoms. The molecule has 0 saturated carbocycles. The molecule has 0 bridgehead atoms. The second-order valence-electron chi connectivity index (χ2n) is 6.06. The number of urea groups is 1. The summed E-state index contributed by atoms with van der Waals surface area (Å²) in [6, 6.07) is 9.44. The quantitative estimate of drug-likeness (QED) is 0.872. The van der Waals surface area contributed by atoms with Crippen molar-refractivity contribution in [2.24, 2.45) is 0 Å². The van der Waals surface area contributed by atoms with Crippen LogP contribution in [0.25, 0.3) is 0 Å². The normalized spacial score (nSPS) is 15.6. The molecule has 2 amide bonds. The standard InChI is InChI=1S/C18H23N5O2/c1-25-17-6-5-15(12-20-17)22-18(24)21-14-7-10-23(11-8-14)13-16-4-2-3-9-19-16/h2-6,9,12,14H,7-8,10-11,13H2,1H3,(H2,21,22,24). The van der Waals surface area contributed by atoms with E-state index in [1.165, 1.54) is 0 Å². The van der Waals surface area contributed by atoms with Crippen molar-refractivity contribution >= 4 is 11.7 Å². The Bertz CT molecular complexity index is 670. The Morgan fingerprint density at radius 3 is 2.72 bits per heavy atom. The SMILES string of the molecule is COc1ccc(NC(=O)NC2CCN(Cc3ccccn3)CC2)cn1. The molecule has 7 nitrogen and oxygen atoms in total. The van der Waals surface area contributed by atoms with Crippen LogP contribution in [0.15, 0.2) is 42.7 Å². The minimum Gasteiger partial charge on any atom is -0.481 e. The topological polar surface area (TPSA) is 79.4 Å². The van der Waals surface area contributed by atoms with E-state index in [1.807, 2.05) is 24.4 Å². The molecule has 0 atom stereocenters. The van der Waals surface area contributed by atoms with Gasteiger partial charge < -0.3 is 15.4 Å². The van der Waals surface area contributed by atoms with Crippen molar-refractivity contribution in [2.45, 2.75) is 25.4 Å². The first-order chi connectivity index (χ1) is 12.2. The largest absolute Gasteiger partial charge is 0.481 e. The van der Waals surface area contributed by atoms with Crippen LogP contribution in [0.5, 0.6) is 5.88 Å². The first kappa shape index (κ1) is 17.2. The van der Waals surface area contributed by atoms with E-state index in [9.17, 15) is 4.79 Å². The maximum atomic E-state index is 12.1. The third kappa shape index (κ3) is 5.15. The molecule has 0 aliphatic carbocycles. The average Bonchev–Trinajstić information content (AvgIpc) is 2.65. The van der Waals surface area contributed by atoms with Crippen LogP contribution >= 0.6 is 0 Å². The van der Waals surface area contributed by atoms with E-state index in [1.54, 1.807) is 25.4 Å². The summed E-state index contributed by atoms with van der Waals surface area (Å²) in [4.78, 5) is 22.9. The Hall–Kier alpha value is -2.67. The smallest absolute Gasteiger partial charge is 0.319 e. The second-order valence-corrected chi connectivity index (χ2v) is 6.06. The molecule has 1 fully saturated rings. The van der Waals surface area contributed by atoms with E-state index < -0.39 is 0 Å². The number of carbonyl (C=O) groups excluding carboxylic acids is 1. The van der Waals surface area contributed by atoms with E-state index >= 15 is 0 Å². The van der Waals surface area contributed by atoms with Crippen LogP contribution in [0.1, 0.15) is 18.5 Å². The number of carbonyl (C=O) groups is 1.